The summed E-state index contributed by atoms with van der Waals surface area (Å²) >= 11 is 0. The summed E-state index contributed by atoms with van der Waals surface area (Å²) in [6.07, 6.45) is 2.58. The zero-order chi connectivity index (χ0) is 28.6. The van der Waals surface area contributed by atoms with E-state index < -0.39 is 6.10 Å². The van der Waals surface area contributed by atoms with Gasteiger partial charge < -0.3 is 24.1 Å². The molecule has 0 bridgehead atoms. The second-order valence-electron chi connectivity index (χ2n) is 9.14. The summed E-state index contributed by atoms with van der Waals surface area (Å²) in [5.41, 5.74) is 0. The van der Waals surface area contributed by atoms with Crippen LogP contribution in [-0.2, 0) is 38.1 Å². The number of ether oxygens (including phenoxy) is 4. The highest BCUT2D eigenvalue weighted by Gasteiger charge is 2.20. The molecule has 0 heterocycles. The van der Waals surface area contributed by atoms with Crippen molar-refractivity contribution in [1.29, 1.82) is 0 Å². The largest absolute Gasteiger partial charge is 0.466 e. The summed E-state index contributed by atoms with van der Waals surface area (Å²) in [5, 5.41) is 10.9. The number of carbonyl (C=O) groups is 4. The lowest BCUT2D eigenvalue weighted by atomic mass is 10.2. The van der Waals surface area contributed by atoms with Crippen LogP contribution in [0.2, 0.25) is 0 Å². The van der Waals surface area contributed by atoms with Gasteiger partial charge in [0.15, 0.2) is 0 Å². The molecule has 38 heavy (non-hydrogen) atoms. The van der Waals surface area contributed by atoms with E-state index in [4.69, 9.17) is 18.9 Å². The maximum atomic E-state index is 12.0. The second-order valence-corrected chi connectivity index (χ2v) is 9.14. The molecule has 0 unspecified atom stereocenters. The summed E-state index contributed by atoms with van der Waals surface area (Å²) in [5.74, 6) is -1.34. The normalized spacial score (nSPS) is 11.2. The van der Waals surface area contributed by atoms with Crippen molar-refractivity contribution >= 4 is 23.9 Å². The van der Waals surface area contributed by atoms with E-state index in [2.05, 4.69) is 0 Å². The van der Waals surface area contributed by atoms with E-state index in [0.717, 1.165) is 25.7 Å². The molecule has 0 amide bonds. The van der Waals surface area contributed by atoms with Gasteiger partial charge in [0.25, 0.3) is 0 Å². The van der Waals surface area contributed by atoms with Gasteiger partial charge in [0.2, 0.25) is 0 Å². The average molecular weight is 547 g/mol. The molecule has 0 radical (unpaired) electrons. The van der Waals surface area contributed by atoms with Crippen LogP contribution in [0.4, 0.5) is 0 Å². The topological polar surface area (TPSA) is 132 Å². The zero-order valence-corrected chi connectivity index (χ0v) is 23.9. The van der Waals surface area contributed by atoms with Crippen molar-refractivity contribution in [3.63, 3.8) is 0 Å². The van der Waals surface area contributed by atoms with E-state index in [0.29, 0.717) is 52.6 Å². The summed E-state index contributed by atoms with van der Waals surface area (Å²) in [6, 6.07) is 0. The van der Waals surface area contributed by atoms with E-state index >= 15 is 0 Å². The van der Waals surface area contributed by atoms with Crippen LogP contribution in [0.15, 0.2) is 0 Å². The van der Waals surface area contributed by atoms with Crippen LogP contribution in [0.3, 0.4) is 0 Å². The summed E-state index contributed by atoms with van der Waals surface area (Å²) in [4.78, 5) is 51.6. The lowest BCUT2D eigenvalue weighted by molar-refractivity contribution is -0.145. The first-order valence-corrected chi connectivity index (χ1v) is 14.0. The minimum Gasteiger partial charge on any atom is -0.466 e. The number of nitrogens with zero attached hydrogens (tertiary/aromatic N) is 2. The third-order valence-corrected chi connectivity index (χ3v) is 5.34. The molecule has 0 atom stereocenters. The van der Waals surface area contributed by atoms with Crippen LogP contribution >= 0.6 is 0 Å². The average Bonchev–Trinajstić information content (AvgIpc) is 2.90. The summed E-state index contributed by atoms with van der Waals surface area (Å²) in [7, 11) is 0. The number of hydrogen-bond donors (Lipinski definition) is 1. The smallest absolute Gasteiger partial charge is 0.307 e. The van der Waals surface area contributed by atoms with Crippen molar-refractivity contribution in [2.75, 3.05) is 65.7 Å². The SMILES string of the molecule is CCCOC(=O)CCN(CCC(=O)OCCC)CC(O)CN(CCC(=O)OCCC)CCC(=O)OCCC. The van der Waals surface area contributed by atoms with E-state index in [1.165, 1.54) is 0 Å². The van der Waals surface area contributed by atoms with Gasteiger partial charge in [-0.2, -0.15) is 0 Å². The van der Waals surface area contributed by atoms with Gasteiger partial charge >= 0.3 is 23.9 Å². The Labute approximate surface area is 228 Å². The monoisotopic (exact) mass is 546 g/mol. The Morgan fingerprint density at radius 2 is 0.763 bits per heavy atom. The van der Waals surface area contributed by atoms with Gasteiger partial charge in [0.1, 0.15) is 0 Å². The molecule has 0 saturated carbocycles. The maximum Gasteiger partial charge on any atom is 0.307 e. The van der Waals surface area contributed by atoms with Crippen LogP contribution in [0.5, 0.6) is 0 Å². The molecule has 0 aromatic carbocycles. The molecule has 11 heteroatoms. The van der Waals surface area contributed by atoms with Crippen LogP contribution in [0, 0.1) is 0 Å². The Balaban J connectivity index is 5.09. The molecule has 0 aliphatic rings. The number of hydrogen-bond acceptors (Lipinski definition) is 11. The van der Waals surface area contributed by atoms with E-state index in [9.17, 15) is 24.3 Å². The summed E-state index contributed by atoms with van der Waals surface area (Å²) in [6.45, 7) is 10.7. The Kier molecular flexibility index (Phi) is 22.4. The Morgan fingerprint density at radius 1 is 0.526 bits per heavy atom. The van der Waals surface area contributed by atoms with Crippen LogP contribution < -0.4 is 0 Å². The van der Waals surface area contributed by atoms with Crippen LogP contribution in [0.25, 0.3) is 0 Å². The number of carbonyl (C=O) groups excluding carboxylic acids is 4. The molecule has 0 saturated heterocycles. The standard InChI is InChI=1S/C27H50N2O9/c1-5-17-35-24(31)9-13-28(14-10-25(32)36-18-6-2)21-23(30)22-29(15-11-26(33)37-19-7-3)16-12-27(34)38-20-8-4/h23,30H,5-22H2,1-4H3. The minimum absolute atomic E-state index is 0.132. The predicted molar refractivity (Wildman–Crippen MR) is 142 cm³/mol. The third-order valence-electron chi connectivity index (χ3n) is 5.34. The molecule has 0 aromatic rings. The number of aliphatic hydroxyl groups is 1. The van der Waals surface area contributed by atoms with Gasteiger partial charge in [-0.25, -0.2) is 0 Å². The lowest BCUT2D eigenvalue weighted by Crippen LogP contribution is -2.43. The first kappa shape index (κ1) is 35.8. The highest BCUT2D eigenvalue weighted by molar-refractivity contribution is 5.71. The van der Waals surface area contributed by atoms with Crippen molar-refractivity contribution in [2.24, 2.45) is 0 Å². The van der Waals surface area contributed by atoms with Gasteiger partial charge in [-0.15, -0.1) is 0 Å². The van der Waals surface area contributed by atoms with Gasteiger partial charge in [-0.3, -0.25) is 29.0 Å². The number of esters is 4. The van der Waals surface area contributed by atoms with Crippen LogP contribution in [-0.4, -0.2) is 111 Å². The fourth-order valence-corrected chi connectivity index (χ4v) is 3.39. The molecular weight excluding hydrogens is 496 g/mol. The van der Waals surface area contributed by atoms with Gasteiger partial charge in [-0.05, 0) is 25.7 Å². The van der Waals surface area contributed by atoms with Gasteiger partial charge in [-0.1, -0.05) is 27.7 Å². The second kappa shape index (κ2) is 23.8. The maximum absolute atomic E-state index is 12.0. The third kappa shape index (κ3) is 20.8. The van der Waals surface area contributed by atoms with Crippen molar-refractivity contribution < 1.29 is 43.2 Å². The van der Waals surface area contributed by atoms with Gasteiger partial charge in [0, 0.05) is 39.3 Å². The van der Waals surface area contributed by atoms with E-state index in [-0.39, 0.29) is 62.7 Å². The molecule has 0 aromatic heterocycles. The Morgan fingerprint density at radius 3 is 0.974 bits per heavy atom. The highest BCUT2D eigenvalue weighted by atomic mass is 16.5. The molecule has 0 spiro atoms. The van der Waals surface area contributed by atoms with Crippen molar-refractivity contribution in [1.82, 2.24) is 9.80 Å². The Hall–Kier alpha value is -2.24. The molecule has 0 fully saturated rings. The summed E-state index contributed by atoms with van der Waals surface area (Å²) < 4.78 is 20.6. The lowest BCUT2D eigenvalue weighted by Gasteiger charge is -2.29. The molecule has 222 valence electrons. The highest BCUT2D eigenvalue weighted by Crippen LogP contribution is 2.05. The fraction of sp³-hybridized carbons (Fsp3) is 0.852. The molecule has 0 rings (SSSR count). The zero-order valence-electron chi connectivity index (χ0n) is 23.9. The molecule has 0 aliphatic heterocycles. The van der Waals surface area contributed by atoms with E-state index in [1.807, 2.05) is 37.5 Å². The Bertz CT molecular complexity index is 558. The molecule has 0 aliphatic carbocycles. The first-order chi connectivity index (χ1) is 18.2. The fourth-order valence-electron chi connectivity index (χ4n) is 3.39. The number of aliphatic hydroxyl groups excluding tert-OH is 1. The van der Waals surface area contributed by atoms with E-state index in [1.54, 1.807) is 0 Å². The van der Waals surface area contributed by atoms with Gasteiger partial charge in [0.05, 0.1) is 58.2 Å². The molecule has 1 N–H and O–H groups in total. The molecular formula is C27H50N2O9. The minimum atomic E-state index is -0.855. The predicted octanol–water partition coefficient (Wildman–Crippen LogP) is 2.32. The van der Waals surface area contributed by atoms with Crippen LogP contribution in [0.1, 0.15) is 79.1 Å². The quantitative estimate of drug-likeness (QED) is 0.141. The van der Waals surface area contributed by atoms with Crippen molar-refractivity contribution in [3.8, 4) is 0 Å². The number of rotatable bonds is 24. The van der Waals surface area contributed by atoms with Crippen molar-refractivity contribution in [2.45, 2.75) is 85.2 Å². The van der Waals surface area contributed by atoms with Crippen molar-refractivity contribution in [3.05, 3.63) is 0 Å². The molecule has 11 nitrogen and oxygen atoms in total. The first-order valence-electron chi connectivity index (χ1n) is 14.0.